The molecule has 2 saturated heterocycles. The highest BCUT2D eigenvalue weighted by atomic mass is 32.1. The van der Waals surface area contributed by atoms with Crippen LogP contribution >= 0.6 is 11.3 Å². The Labute approximate surface area is 115 Å². The lowest BCUT2D eigenvalue weighted by molar-refractivity contribution is 0.253. The maximum Gasteiger partial charge on any atom is 0.241 e. The van der Waals surface area contributed by atoms with E-state index in [-0.39, 0.29) is 0 Å². The summed E-state index contributed by atoms with van der Waals surface area (Å²) in [6.45, 7) is 5.39. The molecule has 5 nitrogen and oxygen atoms in total. The summed E-state index contributed by atoms with van der Waals surface area (Å²) in [5.74, 6) is 3.05. The van der Waals surface area contributed by atoms with Crippen molar-refractivity contribution in [1.29, 1.82) is 0 Å². The van der Waals surface area contributed by atoms with Gasteiger partial charge in [-0.25, -0.2) is 0 Å². The van der Waals surface area contributed by atoms with Crippen LogP contribution in [0.4, 0.5) is 0 Å². The molecule has 4 heterocycles. The van der Waals surface area contributed by atoms with Gasteiger partial charge in [-0.2, -0.15) is 16.3 Å². The monoisotopic (exact) mass is 276 g/mol. The van der Waals surface area contributed by atoms with Crippen molar-refractivity contribution >= 4 is 11.3 Å². The summed E-state index contributed by atoms with van der Waals surface area (Å²) in [5.41, 5.74) is 1.04. The van der Waals surface area contributed by atoms with Crippen LogP contribution in [0.3, 0.4) is 0 Å². The lowest BCUT2D eigenvalue weighted by atomic mass is 10.0. The summed E-state index contributed by atoms with van der Waals surface area (Å²) in [6.07, 6.45) is 0. The van der Waals surface area contributed by atoms with Crippen LogP contribution in [-0.2, 0) is 6.54 Å². The van der Waals surface area contributed by atoms with Crippen LogP contribution in [0.1, 0.15) is 5.89 Å². The number of nitrogens with zero attached hydrogens (tertiary/aromatic N) is 3. The van der Waals surface area contributed by atoms with E-state index in [1.165, 1.54) is 0 Å². The van der Waals surface area contributed by atoms with Gasteiger partial charge in [0, 0.05) is 24.0 Å². The number of likely N-dealkylation sites (tertiary alicyclic amines) is 1. The molecule has 0 unspecified atom stereocenters. The molecule has 0 spiro atoms. The number of rotatable bonds is 3. The Bertz CT molecular complexity index is 541. The Morgan fingerprint density at radius 3 is 2.95 bits per heavy atom. The average molecular weight is 276 g/mol. The van der Waals surface area contributed by atoms with Crippen molar-refractivity contribution < 1.29 is 4.52 Å². The molecule has 2 atom stereocenters. The Kier molecular flexibility index (Phi) is 2.86. The molecule has 2 aliphatic rings. The van der Waals surface area contributed by atoms with Crippen LogP contribution < -0.4 is 5.32 Å². The summed E-state index contributed by atoms with van der Waals surface area (Å²) in [7, 11) is 0. The van der Waals surface area contributed by atoms with Crippen molar-refractivity contribution in [2.24, 2.45) is 11.8 Å². The maximum absolute atomic E-state index is 5.36. The fourth-order valence-electron chi connectivity index (χ4n) is 3.10. The Morgan fingerprint density at radius 2 is 2.21 bits per heavy atom. The van der Waals surface area contributed by atoms with E-state index in [4.69, 9.17) is 4.52 Å². The van der Waals surface area contributed by atoms with Crippen LogP contribution in [0.25, 0.3) is 11.4 Å². The maximum atomic E-state index is 5.36. The van der Waals surface area contributed by atoms with Crippen LogP contribution in [0.15, 0.2) is 21.3 Å². The first-order valence-corrected chi connectivity index (χ1v) is 7.61. The largest absolute Gasteiger partial charge is 0.338 e. The van der Waals surface area contributed by atoms with E-state index in [2.05, 4.69) is 20.4 Å². The molecule has 19 heavy (non-hydrogen) atoms. The molecule has 6 heteroatoms. The van der Waals surface area contributed by atoms with Gasteiger partial charge in [0.05, 0.1) is 6.54 Å². The Hall–Kier alpha value is -1.24. The van der Waals surface area contributed by atoms with Crippen LogP contribution in [-0.4, -0.2) is 41.2 Å². The van der Waals surface area contributed by atoms with Gasteiger partial charge in [-0.15, -0.1) is 0 Å². The molecular formula is C13H16N4OS. The van der Waals surface area contributed by atoms with Crippen molar-refractivity contribution in [3.8, 4) is 11.4 Å². The van der Waals surface area contributed by atoms with Gasteiger partial charge >= 0.3 is 0 Å². The zero-order valence-corrected chi connectivity index (χ0v) is 11.4. The number of nitrogens with one attached hydrogen (secondary N) is 1. The van der Waals surface area contributed by atoms with Gasteiger partial charge in [0.2, 0.25) is 11.7 Å². The second-order valence-corrected chi connectivity index (χ2v) is 6.18. The third-order valence-electron chi connectivity index (χ3n) is 4.07. The first-order chi connectivity index (χ1) is 9.38. The molecule has 0 radical (unpaired) electrons. The van der Waals surface area contributed by atoms with Crippen LogP contribution in [0, 0.1) is 11.8 Å². The molecule has 2 aromatic heterocycles. The second kappa shape index (κ2) is 4.70. The smallest absolute Gasteiger partial charge is 0.241 e. The van der Waals surface area contributed by atoms with Crippen molar-refractivity contribution in [1.82, 2.24) is 20.4 Å². The predicted molar refractivity (Wildman–Crippen MR) is 72.7 cm³/mol. The normalized spacial score (nSPS) is 26.9. The third kappa shape index (κ3) is 2.20. The average Bonchev–Trinajstić information content (AvgIpc) is 3.12. The summed E-state index contributed by atoms with van der Waals surface area (Å²) in [5, 5.41) is 11.6. The van der Waals surface area contributed by atoms with Crippen LogP contribution in [0.5, 0.6) is 0 Å². The lowest BCUT2D eigenvalue weighted by Crippen LogP contribution is -2.25. The van der Waals surface area contributed by atoms with Gasteiger partial charge in [0.25, 0.3) is 0 Å². The van der Waals surface area contributed by atoms with Crippen LogP contribution in [0.2, 0.25) is 0 Å². The van der Waals surface area contributed by atoms with E-state index in [1.807, 2.05) is 16.8 Å². The summed E-state index contributed by atoms with van der Waals surface area (Å²) >= 11 is 1.65. The first kappa shape index (κ1) is 11.6. The molecule has 0 amide bonds. The molecule has 2 aromatic rings. The number of thiophene rings is 1. The fraction of sp³-hybridized carbons (Fsp3) is 0.538. The molecule has 2 fully saturated rings. The van der Waals surface area contributed by atoms with Crippen molar-refractivity contribution in [3.05, 3.63) is 22.7 Å². The quantitative estimate of drug-likeness (QED) is 0.919. The molecule has 0 bridgehead atoms. The van der Waals surface area contributed by atoms with E-state index in [0.717, 1.165) is 56.0 Å². The van der Waals surface area contributed by atoms with E-state index in [1.54, 1.807) is 11.3 Å². The summed E-state index contributed by atoms with van der Waals surface area (Å²) in [6, 6.07) is 2.02. The zero-order valence-electron chi connectivity index (χ0n) is 10.6. The Balaban J connectivity index is 1.44. The minimum absolute atomic E-state index is 0.706. The van der Waals surface area contributed by atoms with Gasteiger partial charge in [-0.3, -0.25) is 4.90 Å². The zero-order chi connectivity index (χ0) is 12.7. The molecule has 2 aliphatic heterocycles. The van der Waals surface area contributed by atoms with E-state index in [0.29, 0.717) is 5.82 Å². The molecule has 4 rings (SSSR count). The SMILES string of the molecule is c1cc(-c2noc(CN3C[C@H]4CNC[C@H]4C3)n2)cs1. The highest BCUT2D eigenvalue weighted by molar-refractivity contribution is 7.08. The molecular weight excluding hydrogens is 260 g/mol. The van der Waals surface area contributed by atoms with Gasteiger partial charge in [-0.1, -0.05) is 5.16 Å². The Morgan fingerprint density at radius 1 is 1.37 bits per heavy atom. The predicted octanol–water partition coefficient (Wildman–Crippen LogP) is 1.45. The van der Waals surface area contributed by atoms with Gasteiger partial charge in [-0.05, 0) is 36.4 Å². The van der Waals surface area contributed by atoms with E-state index < -0.39 is 0 Å². The lowest BCUT2D eigenvalue weighted by Gasteiger charge is -2.13. The van der Waals surface area contributed by atoms with Gasteiger partial charge in [0.15, 0.2) is 0 Å². The minimum Gasteiger partial charge on any atom is -0.338 e. The number of hydrogen-bond acceptors (Lipinski definition) is 6. The summed E-state index contributed by atoms with van der Waals surface area (Å²) in [4.78, 5) is 6.91. The number of aromatic nitrogens is 2. The van der Waals surface area contributed by atoms with Gasteiger partial charge in [0.1, 0.15) is 0 Å². The second-order valence-electron chi connectivity index (χ2n) is 5.40. The highest BCUT2D eigenvalue weighted by Gasteiger charge is 2.36. The fourth-order valence-corrected chi connectivity index (χ4v) is 3.74. The molecule has 0 saturated carbocycles. The summed E-state index contributed by atoms with van der Waals surface area (Å²) < 4.78 is 5.36. The molecule has 0 aliphatic carbocycles. The molecule has 0 aromatic carbocycles. The first-order valence-electron chi connectivity index (χ1n) is 6.67. The number of fused-ring (bicyclic) bond motifs is 1. The van der Waals surface area contributed by atoms with Gasteiger partial charge < -0.3 is 9.84 Å². The third-order valence-corrected chi connectivity index (χ3v) is 4.75. The topological polar surface area (TPSA) is 54.2 Å². The van der Waals surface area contributed by atoms with E-state index >= 15 is 0 Å². The van der Waals surface area contributed by atoms with E-state index in [9.17, 15) is 0 Å². The molecule has 1 N–H and O–H groups in total. The van der Waals surface area contributed by atoms with Crippen molar-refractivity contribution in [3.63, 3.8) is 0 Å². The highest BCUT2D eigenvalue weighted by Crippen LogP contribution is 2.27. The molecule has 100 valence electrons. The number of hydrogen-bond donors (Lipinski definition) is 1. The standard InChI is InChI=1S/C13H16N4OS/c1-2-19-8-9(1)13-15-12(18-16-13)7-17-5-10-3-14-4-11(10)6-17/h1-2,8,10-11,14H,3-7H2/t10-,11+. The van der Waals surface area contributed by atoms with Crippen molar-refractivity contribution in [2.75, 3.05) is 26.2 Å². The van der Waals surface area contributed by atoms with Crippen molar-refractivity contribution in [2.45, 2.75) is 6.54 Å². The minimum atomic E-state index is 0.706.